The molecule has 0 aliphatic carbocycles. The van der Waals surface area contributed by atoms with E-state index in [2.05, 4.69) is 11.0 Å². The first-order valence-electron chi connectivity index (χ1n) is 8.89. The van der Waals surface area contributed by atoms with Gasteiger partial charge in [0, 0.05) is 44.9 Å². The number of carbonyl (C=O) groups is 1. The number of nitrogens with zero attached hydrogens (tertiary/aromatic N) is 3. The molecule has 0 saturated carbocycles. The summed E-state index contributed by atoms with van der Waals surface area (Å²) in [5, 5.41) is 12.2. The van der Waals surface area contributed by atoms with Crippen LogP contribution in [0.3, 0.4) is 0 Å². The van der Waals surface area contributed by atoms with Crippen LogP contribution < -0.4 is 14.2 Å². The van der Waals surface area contributed by atoms with E-state index in [0.717, 1.165) is 35.9 Å². The van der Waals surface area contributed by atoms with E-state index in [4.69, 9.17) is 9.47 Å². The molecule has 0 bridgehead atoms. The van der Waals surface area contributed by atoms with Gasteiger partial charge in [-0.15, -0.1) is 0 Å². The summed E-state index contributed by atoms with van der Waals surface area (Å²) in [6.07, 6.45) is 1.45. The highest BCUT2D eigenvalue weighted by Crippen LogP contribution is 2.32. The van der Waals surface area contributed by atoms with Crippen LogP contribution in [0.15, 0.2) is 47.6 Å². The third kappa shape index (κ3) is 4.28. The molecule has 1 saturated heterocycles. The summed E-state index contributed by atoms with van der Waals surface area (Å²) in [4.78, 5) is 16.6. The highest BCUT2D eigenvalue weighted by atomic mass is 32.2. The summed E-state index contributed by atoms with van der Waals surface area (Å²) in [6, 6.07) is 11.2. The lowest BCUT2D eigenvalue weighted by atomic mass is 10.1. The van der Waals surface area contributed by atoms with E-state index in [0.29, 0.717) is 18.1 Å². The van der Waals surface area contributed by atoms with Gasteiger partial charge < -0.3 is 19.6 Å². The summed E-state index contributed by atoms with van der Waals surface area (Å²) >= 11 is 1.28. The molecule has 8 heteroatoms. The van der Waals surface area contributed by atoms with E-state index in [1.54, 1.807) is 18.2 Å². The van der Waals surface area contributed by atoms with Crippen LogP contribution in [0.4, 0.5) is 0 Å². The zero-order chi connectivity index (χ0) is 18.6. The van der Waals surface area contributed by atoms with Crippen LogP contribution in [-0.2, 0) is 11.3 Å². The van der Waals surface area contributed by atoms with Crippen molar-refractivity contribution in [2.75, 3.05) is 38.7 Å². The van der Waals surface area contributed by atoms with Crippen molar-refractivity contribution in [2.24, 2.45) is 0 Å². The average Bonchev–Trinajstić information content (AvgIpc) is 3.15. The fraction of sp³-hybridized carbons (Fsp3) is 0.368. The van der Waals surface area contributed by atoms with Crippen molar-refractivity contribution in [1.82, 2.24) is 9.80 Å². The maximum atomic E-state index is 12.4. The number of hydrogen-bond acceptors (Lipinski definition) is 6. The summed E-state index contributed by atoms with van der Waals surface area (Å²) in [6.45, 7) is 4.18. The van der Waals surface area contributed by atoms with Crippen molar-refractivity contribution in [2.45, 2.75) is 11.6 Å². The fourth-order valence-corrected chi connectivity index (χ4v) is 4.02. The molecule has 7 nitrogen and oxygen atoms in total. The monoisotopic (exact) mass is 387 g/mol. The molecule has 142 valence electrons. The van der Waals surface area contributed by atoms with Crippen molar-refractivity contribution in [3.8, 4) is 11.5 Å². The Hall–Kier alpha value is -2.45. The van der Waals surface area contributed by atoms with Gasteiger partial charge in [-0.1, -0.05) is 6.07 Å². The fourth-order valence-electron chi connectivity index (χ4n) is 3.20. The Morgan fingerprint density at radius 3 is 2.74 bits per heavy atom. The van der Waals surface area contributed by atoms with Crippen LogP contribution in [-0.4, -0.2) is 54.4 Å². The largest absolute Gasteiger partial charge is 0.618 e. The number of aromatic nitrogens is 1. The molecule has 1 amide bonds. The van der Waals surface area contributed by atoms with Gasteiger partial charge in [0.25, 0.3) is 5.03 Å². The van der Waals surface area contributed by atoms with Gasteiger partial charge in [-0.2, -0.15) is 4.73 Å². The van der Waals surface area contributed by atoms with Crippen LogP contribution in [0.1, 0.15) is 5.56 Å². The molecule has 0 unspecified atom stereocenters. The summed E-state index contributed by atoms with van der Waals surface area (Å²) in [5.41, 5.74) is 1.18. The van der Waals surface area contributed by atoms with Gasteiger partial charge >= 0.3 is 0 Å². The van der Waals surface area contributed by atoms with Crippen LogP contribution in [0, 0.1) is 5.21 Å². The van der Waals surface area contributed by atoms with Gasteiger partial charge in [-0.25, -0.2) is 0 Å². The second-order valence-electron chi connectivity index (χ2n) is 6.50. The number of hydrogen-bond donors (Lipinski definition) is 0. The zero-order valence-corrected chi connectivity index (χ0v) is 15.7. The quantitative estimate of drug-likeness (QED) is 0.440. The lowest BCUT2D eigenvalue weighted by Gasteiger charge is -2.34. The van der Waals surface area contributed by atoms with Crippen molar-refractivity contribution < 1.29 is 19.0 Å². The standard InChI is InChI=1S/C19H21N3O4S/c23-18(13-27-19-3-1-2-6-22(19)24)21-9-7-20(8-10-21)12-15-4-5-16-17(11-15)26-14-25-16/h1-6,11H,7-10,12-14H2. The molecule has 1 aromatic heterocycles. The van der Waals surface area contributed by atoms with Gasteiger partial charge in [0.2, 0.25) is 12.7 Å². The van der Waals surface area contributed by atoms with Crippen LogP contribution in [0.25, 0.3) is 0 Å². The topological polar surface area (TPSA) is 69.0 Å². The molecule has 2 aromatic rings. The van der Waals surface area contributed by atoms with Gasteiger partial charge in [0.05, 0.1) is 5.75 Å². The van der Waals surface area contributed by atoms with Crippen LogP contribution in [0.5, 0.6) is 11.5 Å². The van der Waals surface area contributed by atoms with E-state index >= 15 is 0 Å². The summed E-state index contributed by atoms with van der Waals surface area (Å²) < 4.78 is 11.6. The Morgan fingerprint density at radius 1 is 1.11 bits per heavy atom. The SMILES string of the molecule is O=C(CSc1cccc[n+]1[O-])N1CCN(Cc2ccc3c(c2)OCO3)CC1. The number of amides is 1. The van der Waals surface area contributed by atoms with E-state index in [9.17, 15) is 10.0 Å². The Bertz CT molecular complexity index is 824. The first-order chi connectivity index (χ1) is 13.2. The molecule has 1 aromatic carbocycles. The van der Waals surface area contributed by atoms with Gasteiger partial charge in [-0.05, 0) is 35.5 Å². The van der Waals surface area contributed by atoms with Crippen molar-refractivity contribution in [3.63, 3.8) is 0 Å². The maximum Gasteiger partial charge on any atom is 0.251 e. The molecule has 0 spiro atoms. The molecular weight excluding hydrogens is 366 g/mol. The van der Waals surface area contributed by atoms with E-state index in [-0.39, 0.29) is 18.5 Å². The van der Waals surface area contributed by atoms with E-state index in [1.807, 2.05) is 17.0 Å². The minimum Gasteiger partial charge on any atom is -0.618 e. The minimum absolute atomic E-state index is 0.0755. The Kier molecular flexibility index (Phi) is 5.35. The highest BCUT2D eigenvalue weighted by Gasteiger charge is 2.22. The Morgan fingerprint density at radius 2 is 1.93 bits per heavy atom. The van der Waals surface area contributed by atoms with Crippen molar-refractivity contribution in [1.29, 1.82) is 0 Å². The van der Waals surface area contributed by atoms with E-state index in [1.165, 1.54) is 23.5 Å². The smallest absolute Gasteiger partial charge is 0.251 e. The predicted octanol–water partition coefficient (Wildman–Crippen LogP) is 1.49. The first-order valence-corrected chi connectivity index (χ1v) is 9.87. The molecule has 2 aliphatic rings. The Labute approximate surface area is 162 Å². The molecule has 0 N–H and O–H groups in total. The number of pyridine rings is 1. The Balaban J connectivity index is 1.25. The molecule has 2 aliphatic heterocycles. The first kappa shape index (κ1) is 17.9. The second kappa shape index (κ2) is 8.06. The number of rotatable bonds is 5. The number of fused-ring (bicyclic) bond motifs is 1. The van der Waals surface area contributed by atoms with Crippen molar-refractivity contribution >= 4 is 17.7 Å². The van der Waals surface area contributed by atoms with E-state index < -0.39 is 0 Å². The second-order valence-corrected chi connectivity index (χ2v) is 7.49. The molecular formula is C19H21N3O4S. The minimum atomic E-state index is 0.0755. The zero-order valence-electron chi connectivity index (χ0n) is 14.9. The number of piperazine rings is 1. The number of ether oxygens (including phenoxy) is 2. The third-order valence-corrected chi connectivity index (χ3v) is 5.70. The molecule has 1 fully saturated rings. The maximum absolute atomic E-state index is 12.4. The number of carbonyl (C=O) groups excluding carboxylic acids is 1. The average molecular weight is 387 g/mol. The summed E-state index contributed by atoms with van der Waals surface area (Å²) in [7, 11) is 0. The molecule has 0 atom stereocenters. The molecule has 4 rings (SSSR count). The highest BCUT2D eigenvalue weighted by molar-refractivity contribution is 7.99. The van der Waals surface area contributed by atoms with Gasteiger partial charge in [0.1, 0.15) is 0 Å². The van der Waals surface area contributed by atoms with Crippen LogP contribution in [0.2, 0.25) is 0 Å². The lowest BCUT2D eigenvalue weighted by Crippen LogP contribution is -2.48. The predicted molar refractivity (Wildman–Crippen MR) is 101 cm³/mol. The summed E-state index contributed by atoms with van der Waals surface area (Å²) in [5.74, 6) is 1.96. The van der Waals surface area contributed by atoms with Gasteiger partial charge in [0.15, 0.2) is 17.7 Å². The lowest BCUT2D eigenvalue weighted by molar-refractivity contribution is -0.645. The van der Waals surface area contributed by atoms with Crippen LogP contribution >= 0.6 is 11.8 Å². The molecule has 3 heterocycles. The number of thioether (sulfide) groups is 1. The third-order valence-electron chi connectivity index (χ3n) is 4.70. The molecule has 27 heavy (non-hydrogen) atoms. The molecule has 0 radical (unpaired) electrons. The number of benzene rings is 1. The van der Waals surface area contributed by atoms with Crippen molar-refractivity contribution in [3.05, 3.63) is 53.4 Å². The van der Waals surface area contributed by atoms with Gasteiger partial charge in [-0.3, -0.25) is 9.69 Å². The normalized spacial score (nSPS) is 16.5.